The van der Waals surface area contributed by atoms with Crippen molar-refractivity contribution < 1.29 is 13.2 Å². The number of hydrogen-bond acceptors (Lipinski definition) is 2. The number of hydrogen-bond donors (Lipinski definition) is 0. The highest BCUT2D eigenvalue weighted by Gasteiger charge is 2.28. The molecule has 0 aromatic carbocycles. The third kappa shape index (κ3) is 2.53. The van der Waals surface area contributed by atoms with Crippen LogP contribution in [-0.2, 0) is 0 Å². The summed E-state index contributed by atoms with van der Waals surface area (Å²) >= 11 is 0. The maximum atomic E-state index is 13.5. The van der Waals surface area contributed by atoms with Crippen LogP contribution in [0.3, 0.4) is 0 Å². The molecule has 0 bridgehead atoms. The maximum absolute atomic E-state index is 13.5. The monoisotopic (exact) mass is 244 g/mol. The van der Waals surface area contributed by atoms with E-state index in [0.29, 0.717) is 19.2 Å². The van der Waals surface area contributed by atoms with Crippen molar-refractivity contribution in [2.24, 2.45) is 5.41 Å². The number of nitrogens with zero attached hydrogens (tertiary/aromatic N) is 2. The number of halogens is 3. The summed E-state index contributed by atoms with van der Waals surface area (Å²) in [5.74, 6) is -3.38. The fourth-order valence-corrected chi connectivity index (χ4v) is 1.98. The first-order valence-electron chi connectivity index (χ1n) is 5.65. The van der Waals surface area contributed by atoms with Crippen molar-refractivity contribution in [1.82, 2.24) is 4.98 Å². The van der Waals surface area contributed by atoms with E-state index in [1.165, 1.54) is 0 Å². The van der Waals surface area contributed by atoms with Gasteiger partial charge in [-0.1, -0.05) is 13.8 Å². The van der Waals surface area contributed by atoms with Gasteiger partial charge < -0.3 is 4.90 Å². The molecule has 0 atom stereocenters. The Labute approximate surface area is 98.5 Å². The lowest BCUT2D eigenvalue weighted by Crippen LogP contribution is -2.38. The second-order valence-electron chi connectivity index (χ2n) is 5.22. The Morgan fingerprint density at radius 1 is 1.12 bits per heavy atom. The van der Waals surface area contributed by atoms with Gasteiger partial charge in [-0.2, -0.15) is 9.37 Å². The Kier molecular flexibility index (Phi) is 3.02. The van der Waals surface area contributed by atoms with Gasteiger partial charge in [-0.3, -0.25) is 0 Å². The maximum Gasteiger partial charge on any atom is 0.251 e. The molecule has 0 N–H and O–H groups in total. The first kappa shape index (κ1) is 12.2. The van der Waals surface area contributed by atoms with E-state index < -0.39 is 17.6 Å². The smallest absolute Gasteiger partial charge is 0.251 e. The van der Waals surface area contributed by atoms with E-state index in [9.17, 15) is 13.2 Å². The minimum Gasteiger partial charge on any atom is -0.354 e. The van der Waals surface area contributed by atoms with Gasteiger partial charge in [-0.15, -0.1) is 0 Å². The van der Waals surface area contributed by atoms with Crippen LogP contribution in [0.2, 0.25) is 0 Å². The van der Waals surface area contributed by atoms with Gasteiger partial charge in [-0.25, -0.2) is 8.78 Å². The minimum absolute atomic E-state index is 0.0839. The van der Waals surface area contributed by atoms with Gasteiger partial charge in [-0.05, 0) is 18.3 Å². The Morgan fingerprint density at radius 3 is 2.29 bits per heavy atom. The zero-order valence-corrected chi connectivity index (χ0v) is 9.93. The summed E-state index contributed by atoms with van der Waals surface area (Å²) in [6.45, 7) is 5.50. The highest BCUT2D eigenvalue weighted by molar-refractivity contribution is 5.40. The first-order chi connectivity index (χ1) is 7.89. The number of piperidine rings is 1. The molecule has 17 heavy (non-hydrogen) atoms. The van der Waals surface area contributed by atoms with Crippen molar-refractivity contribution in [2.75, 3.05) is 18.0 Å². The summed E-state index contributed by atoms with van der Waals surface area (Å²) in [5, 5.41) is 0. The molecule has 0 saturated carbocycles. The molecule has 5 heteroatoms. The highest BCUT2D eigenvalue weighted by atomic mass is 19.2. The molecule has 2 rings (SSSR count). The Bertz CT molecular complexity index is 422. The summed E-state index contributed by atoms with van der Waals surface area (Å²) in [6, 6.07) is 0.553. The van der Waals surface area contributed by atoms with E-state index in [1.807, 2.05) is 0 Å². The normalized spacial score (nSPS) is 19.5. The summed E-state index contributed by atoms with van der Waals surface area (Å²) < 4.78 is 39.2. The molecule has 1 aromatic heterocycles. The standard InChI is InChI=1S/C12H15F3N2/c1-12(2)3-5-17(6-4-12)11-9(14)7-8(13)10(15)16-11/h7H,3-6H2,1-2H3. The van der Waals surface area contributed by atoms with Crippen molar-refractivity contribution in [3.63, 3.8) is 0 Å². The summed E-state index contributed by atoms with van der Waals surface area (Å²) in [4.78, 5) is 5.02. The van der Waals surface area contributed by atoms with Crippen molar-refractivity contribution in [1.29, 1.82) is 0 Å². The van der Waals surface area contributed by atoms with E-state index in [0.717, 1.165) is 12.8 Å². The predicted molar refractivity (Wildman–Crippen MR) is 59.3 cm³/mol. The van der Waals surface area contributed by atoms with Gasteiger partial charge >= 0.3 is 0 Å². The van der Waals surface area contributed by atoms with Gasteiger partial charge in [0.1, 0.15) is 0 Å². The predicted octanol–water partition coefficient (Wildman–Crippen LogP) is 3.13. The molecule has 1 aliphatic heterocycles. The van der Waals surface area contributed by atoms with Crippen molar-refractivity contribution in [3.8, 4) is 0 Å². The zero-order chi connectivity index (χ0) is 12.6. The second-order valence-corrected chi connectivity index (χ2v) is 5.22. The molecule has 0 amide bonds. The molecule has 1 aromatic rings. The van der Waals surface area contributed by atoms with Crippen LogP contribution in [0, 0.1) is 23.0 Å². The molecule has 1 saturated heterocycles. The summed E-state index contributed by atoms with van der Waals surface area (Å²) in [6.07, 6.45) is 1.76. The summed E-state index contributed by atoms with van der Waals surface area (Å²) in [7, 11) is 0. The van der Waals surface area contributed by atoms with Gasteiger partial charge in [0.05, 0.1) is 0 Å². The van der Waals surface area contributed by atoms with Crippen LogP contribution in [0.15, 0.2) is 6.07 Å². The third-order valence-electron chi connectivity index (χ3n) is 3.28. The average molecular weight is 244 g/mol. The Morgan fingerprint density at radius 2 is 1.71 bits per heavy atom. The zero-order valence-electron chi connectivity index (χ0n) is 9.93. The lowest BCUT2D eigenvalue weighted by molar-refractivity contribution is 0.277. The highest BCUT2D eigenvalue weighted by Crippen LogP contribution is 2.32. The van der Waals surface area contributed by atoms with Crippen molar-refractivity contribution in [3.05, 3.63) is 23.6 Å². The van der Waals surface area contributed by atoms with Crippen LogP contribution in [0.1, 0.15) is 26.7 Å². The van der Waals surface area contributed by atoms with Gasteiger partial charge in [0.25, 0.3) is 5.95 Å². The SMILES string of the molecule is CC1(C)CCN(c2nc(F)c(F)cc2F)CC1. The molecule has 0 unspecified atom stereocenters. The lowest BCUT2D eigenvalue weighted by Gasteiger charge is -2.37. The second kappa shape index (κ2) is 4.20. The number of rotatable bonds is 1. The first-order valence-corrected chi connectivity index (χ1v) is 5.65. The Balaban J connectivity index is 2.21. The van der Waals surface area contributed by atoms with Gasteiger partial charge in [0.2, 0.25) is 0 Å². The molecule has 2 nitrogen and oxygen atoms in total. The topological polar surface area (TPSA) is 16.1 Å². The molecule has 2 heterocycles. The molecule has 0 aliphatic carbocycles. The molecular formula is C12H15F3N2. The third-order valence-corrected chi connectivity index (χ3v) is 3.28. The van der Waals surface area contributed by atoms with E-state index in [4.69, 9.17) is 0 Å². The van der Waals surface area contributed by atoms with Crippen molar-refractivity contribution >= 4 is 5.82 Å². The van der Waals surface area contributed by atoms with Crippen LogP contribution in [-0.4, -0.2) is 18.1 Å². The molecule has 1 aliphatic rings. The number of pyridine rings is 1. The molecule has 94 valence electrons. The fourth-order valence-electron chi connectivity index (χ4n) is 1.98. The largest absolute Gasteiger partial charge is 0.354 e. The van der Waals surface area contributed by atoms with Crippen LogP contribution in [0.25, 0.3) is 0 Å². The molecule has 1 fully saturated rings. The van der Waals surface area contributed by atoms with Crippen molar-refractivity contribution in [2.45, 2.75) is 26.7 Å². The van der Waals surface area contributed by atoms with Crippen LogP contribution < -0.4 is 4.90 Å². The minimum atomic E-state index is -1.25. The molecule has 0 spiro atoms. The molecular weight excluding hydrogens is 229 g/mol. The van der Waals surface area contributed by atoms with Crippen LogP contribution in [0.5, 0.6) is 0 Å². The van der Waals surface area contributed by atoms with Crippen LogP contribution in [0.4, 0.5) is 19.0 Å². The Hall–Kier alpha value is -1.26. The van der Waals surface area contributed by atoms with Gasteiger partial charge in [0, 0.05) is 19.2 Å². The number of anilines is 1. The van der Waals surface area contributed by atoms with E-state index >= 15 is 0 Å². The van der Waals surface area contributed by atoms with Crippen LogP contribution >= 0.6 is 0 Å². The lowest BCUT2D eigenvalue weighted by atomic mass is 9.83. The summed E-state index contributed by atoms with van der Waals surface area (Å²) in [5.41, 5.74) is 0.214. The molecule has 0 radical (unpaired) electrons. The fraction of sp³-hybridized carbons (Fsp3) is 0.583. The van der Waals surface area contributed by atoms with E-state index in [-0.39, 0.29) is 11.2 Å². The number of aromatic nitrogens is 1. The average Bonchev–Trinajstić information content (AvgIpc) is 2.24. The van der Waals surface area contributed by atoms with Gasteiger partial charge in [0.15, 0.2) is 17.5 Å². The van der Waals surface area contributed by atoms with E-state index in [2.05, 4.69) is 18.8 Å². The van der Waals surface area contributed by atoms with E-state index in [1.54, 1.807) is 4.90 Å². The quantitative estimate of drug-likeness (QED) is 0.705.